The number of benzene rings is 2. The normalized spacial score (nSPS) is 10.5. The monoisotopic (exact) mass is 261 g/mol. The molecule has 1 aromatic heterocycles. The fourth-order valence-electron chi connectivity index (χ4n) is 2.08. The minimum atomic E-state index is -0.0384. The molecule has 18 heavy (non-hydrogen) atoms. The summed E-state index contributed by atoms with van der Waals surface area (Å²) in [6.45, 7) is 0.234. The lowest BCUT2D eigenvalue weighted by Crippen LogP contribution is -2.05. The highest BCUT2D eigenvalue weighted by atomic mass is 35.5. The van der Waals surface area contributed by atoms with E-state index >= 15 is 0 Å². The van der Waals surface area contributed by atoms with Crippen LogP contribution in [0.3, 0.4) is 0 Å². The molecular weight excluding hydrogens is 250 g/mol. The summed E-state index contributed by atoms with van der Waals surface area (Å²) in [5.41, 5.74) is 6.05. The minimum absolute atomic E-state index is 0. The van der Waals surface area contributed by atoms with Crippen molar-refractivity contribution in [1.29, 1.82) is 0 Å². The predicted molar refractivity (Wildman–Crippen MR) is 75.1 cm³/mol. The van der Waals surface area contributed by atoms with Gasteiger partial charge >= 0.3 is 0 Å². The molecule has 0 saturated heterocycles. The number of hydrogen-bond donors (Lipinski definition) is 1. The van der Waals surface area contributed by atoms with Crippen LogP contribution in [0, 0.1) is 0 Å². The number of fused-ring (bicyclic) bond motifs is 3. The highest BCUT2D eigenvalue weighted by Crippen LogP contribution is 2.23. The first-order valence-electron chi connectivity index (χ1n) is 5.44. The largest absolute Gasteiger partial charge is 0.459 e. The highest BCUT2D eigenvalue weighted by molar-refractivity contribution is 6.05. The molecule has 0 amide bonds. The van der Waals surface area contributed by atoms with E-state index in [2.05, 4.69) is 0 Å². The zero-order chi connectivity index (χ0) is 11.8. The zero-order valence-corrected chi connectivity index (χ0v) is 10.4. The maximum atomic E-state index is 12.1. The van der Waals surface area contributed by atoms with E-state index in [0.29, 0.717) is 16.7 Å². The van der Waals surface area contributed by atoms with Crippen LogP contribution in [0.25, 0.3) is 21.7 Å². The Balaban J connectivity index is 0.00000120. The molecule has 0 fully saturated rings. The van der Waals surface area contributed by atoms with Crippen LogP contribution in [0.4, 0.5) is 0 Å². The predicted octanol–water partition coefficient (Wildman–Crippen LogP) is 2.83. The standard InChI is InChI=1S/C14H11NO2.ClH/c15-8-10-7-12(16)14-11-4-2-1-3-9(11)5-6-13(14)17-10;/h1-7H,8,15H2;1H. The molecule has 1 heterocycles. The Kier molecular flexibility index (Phi) is 3.36. The van der Waals surface area contributed by atoms with Crippen LogP contribution in [0.5, 0.6) is 0 Å². The van der Waals surface area contributed by atoms with Crippen molar-refractivity contribution in [1.82, 2.24) is 0 Å². The topological polar surface area (TPSA) is 56.2 Å². The van der Waals surface area contributed by atoms with Crippen molar-refractivity contribution in [3.8, 4) is 0 Å². The molecule has 0 saturated carbocycles. The summed E-state index contributed by atoms with van der Waals surface area (Å²) in [5, 5.41) is 2.58. The summed E-state index contributed by atoms with van der Waals surface area (Å²) < 4.78 is 5.57. The van der Waals surface area contributed by atoms with Crippen molar-refractivity contribution in [2.24, 2.45) is 5.73 Å². The lowest BCUT2D eigenvalue weighted by Gasteiger charge is -2.03. The van der Waals surface area contributed by atoms with E-state index in [1.165, 1.54) is 6.07 Å². The van der Waals surface area contributed by atoms with Gasteiger partial charge in [-0.25, -0.2) is 0 Å². The lowest BCUT2D eigenvalue weighted by atomic mass is 10.1. The van der Waals surface area contributed by atoms with E-state index in [1.807, 2.05) is 36.4 Å². The van der Waals surface area contributed by atoms with Gasteiger partial charge in [0, 0.05) is 6.07 Å². The molecule has 0 bridgehead atoms. The van der Waals surface area contributed by atoms with Crippen LogP contribution >= 0.6 is 12.4 Å². The summed E-state index contributed by atoms with van der Waals surface area (Å²) in [4.78, 5) is 12.1. The Hall–Kier alpha value is -1.84. The minimum Gasteiger partial charge on any atom is -0.459 e. The lowest BCUT2D eigenvalue weighted by molar-refractivity contribution is 0.539. The smallest absolute Gasteiger partial charge is 0.193 e. The number of halogens is 1. The average Bonchev–Trinajstić information content (AvgIpc) is 2.37. The van der Waals surface area contributed by atoms with Crippen LogP contribution in [0.2, 0.25) is 0 Å². The fourth-order valence-corrected chi connectivity index (χ4v) is 2.08. The van der Waals surface area contributed by atoms with Gasteiger partial charge < -0.3 is 10.2 Å². The van der Waals surface area contributed by atoms with Crippen molar-refractivity contribution in [3.63, 3.8) is 0 Å². The van der Waals surface area contributed by atoms with Gasteiger partial charge in [0.05, 0.1) is 11.9 Å². The molecular formula is C14H12ClNO2. The second-order valence-electron chi connectivity index (χ2n) is 3.94. The molecule has 4 heteroatoms. The molecule has 0 spiro atoms. The van der Waals surface area contributed by atoms with Crippen LogP contribution < -0.4 is 11.2 Å². The third-order valence-corrected chi connectivity index (χ3v) is 2.87. The van der Waals surface area contributed by atoms with E-state index in [0.717, 1.165) is 10.8 Å². The third kappa shape index (κ3) is 1.88. The average molecular weight is 262 g/mol. The maximum absolute atomic E-state index is 12.1. The third-order valence-electron chi connectivity index (χ3n) is 2.87. The van der Waals surface area contributed by atoms with Crippen molar-refractivity contribution >= 4 is 34.1 Å². The second-order valence-corrected chi connectivity index (χ2v) is 3.94. The van der Waals surface area contributed by atoms with Crippen LogP contribution in [-0.4, -0.2) is 0 Å². The molecule has 0 radical (unpaired) electrons. The number of hydrogen-bond acceptors (Lipinski definition) is 3. The summed E-state index contributed by atoms with van der Waals surface area (Å²) in [7, 11) is 0. The molecule has 92 valence electrons. The number of rotatable bonds is 1. The molecule has 0 aliphatic heterocycles. The fraction of sp³-hybridized carbons (Fsp3) is 0.0714. The van der Waals surface area contributed by atoms with E-state index in [4.69, 9.17) is 10.2 Å². The van der Waals surface area contributed by atoms with Gasteiger partial charge in [-0.1, -0.05) is 30.3 Å². The Morgan fingerprint density at radius 1 is 1.11 bits per heavy atom. The molecule has 0 unspecified atom stereocenters. The van der Waals surface area contributed by atoms with Gasteiger partial charge in [0.25, 0.3) is 0 Å². The van der Waals surface area contributed by atoms with Crippen molar-refractivity contribution in [3.05, 3.63) is 58.4 Å². The first-order valence-corrected chi connectivity index (χ1v) is 5.44. The first-order chi connectivity index (χ1) is 8.29. The van der Waals surface area contributed by atoms with Crippen molar-refractivity contribution in [2.75, 3.05) is 0 Å². The van der Waals surface area contributed by atoms with E-state index < -0.39 is 0 Å². The quantitative estimate of drug-likeness (QED) is 0.686. The van der Waals surface area contributed by atoms with E-state index in [9.17, 15) is 4.79 Å². The van der Waals surface area contributed by atoms with E-state index in [1.54, 1.807) is 0 Å². The molecule has 0 atom stereocenters. The Bertz CT molecular complexity index is 764. The van der Waals surface area contributed by atoms with Crippen molar-refractivity contribution in [2.45, 2.75) is 6.54 Å². The van der Waals surface area contributed by atoms with E-state index in [-0.39, 0.29) is 24.4 Å². The summed E-state index contributed by atoms with van der Waals surface area (Å²) in [6, 6.07) is 13.0. The summed E-state index contributed by atoms with van der Waals surface area (Å²) >= 11 is 0. The highest BCUT2D eigenvalue weighted by Gasteiger charge is 2.07. The summed E-state index contributed by atoms with van der Waals surface area (Å²) in [5.74, 6) is 0.512. The Labute approximate surface area is 110 Å². The molecule has 2 aromatic carbocycles. The molecule has 2 N–H and O–H groups in total. The van der Waals surface area contributed by atoms with Gasteiger partial charge in [-0.3, -0.25) is 4.79 Å². The second kappa shape index (κ2) is 4.80. The maximum Gasteiger partial charge on any atom is 0.193 e. The molecule has 3 rings (SSSR count). The molecule has 0 aliphatic rings. The van der Waals surface area contributed by atoms with Crippen molar-refractivity contribution < 1.29 is 4.42 Å². The van der Waals surface area contributed by atoms with Gasteiger partial charge in [0.15, 0.2) is 5.43 Å². The first kappa shape index (κ1) is 12.6. The molecule has 0 aliphatic carbocycles. The van der Waals surface area contributed by atoms with Crippen LogP contribution in [0.15, 0.2) is 51.7 Å². The number of nitrogens with two attached hydrogens (primary N) is 1. The molecule has 3 nitrogen and oxygen atoms in total. The zero-order valence-electron chi connectivity index (χ0n) is 9.55. The Morgan fingerprint density at radius 2 is 1.89 bits per heavy atom. The Morgan fingerprint density at radius 3 is 2.67 bits per heavy atom. The molecule has 3 aromatic rings. The van der Waals surface area contributed by atoms with Gasteiger partial charge in [-0.05, 0) is 16.8 Å². The van der Waals surface area contributed by atoms with Gasteiger partial charge in [-0.15, -0.1) is 12.4 Å². The van der Waals surface area contributed by atoms with Gasteiger partial charge in [0.2, 0.25) is 0 Å². The van der Waals surface area contributed by atoms with Gasteiger partial charge in [0.1, 0.15) is 11.3 Å². The van der Waals surface area contributed by atoms with Crippen LogP contribution in [-0.2, 0) is 6.54 Å². The van der Waals surface area contributed by atoms with Gasteiger partial charge in [-0.2, -0.15) is 0 Å². The summed E-state index contributed by atoms with van der Waals surface area (Å²) in [6.07, 6.45) is 0. The SMILES string of the molecule is Cl.NCc1cc(=O)c2c(ccc3ccccc32)o1. The van der Waals surface area contributed by atoms with Crippen LogP contribution in [0.1, 0.15) is 5.76 Å².